The molecule has 0 aliphatic rings. The molecular weight excluding hydrogens is 1410 g/mol. The first-order valence-corrected chi connectivity index (χ1v) is 47.2. The number of hydrogen-bond donors (Lipinski definition) is 0. The van der Waals surface area contributed by atoms with Crippen LogP contribution >= 0.6 is 0 Å². The van der Waals surface area contributed by atoms with Gasteiger partial charge in [-0.1, -0.05) is 144 Å². The van der Waals surface area contributed by atoms with Gasteiger partial charge in [-0.05, 0) is 83.1 Å². The van der Waals surface area contributed by atoms with Gasteiger partial charge >= 0.3 is 297 Å². The van der Waals surface area contributed by atoms with Gasteiger partial charge in [-0.15, -0.1) is 0 Å². The van der Waals surface area contributed by atoms with Crippen molar-refractivity contribution >= 4 is 49.4 Å². The number of unbranched alkanes of at least 4 members (excludes halogenated alkanes) is 42. The first kappa shape index (κ1) is 114. The third-order valence-electron chi connectivity index (χ3n) is 18.6. The Bertz CT molecular complexity index is 2000. The van der Waals surface area contributed by atoms with Crippen molar-refractivity contribution < 1.29 is 98.5 Å². The molecule has 0 aromatic carbocycles. The summed E-state index contributed by atoms with van der Waals surface area (Å²) in [6, 6.07) is 0. The Morgan fingerprint density at radius 3 is 0.561 bits per heavy atom. The van der Waals surface area contributed by atoms with Gasteiger partial charge in [0.2, 0.25) is 17.4 Å². The summed E-state index contributed by atoms with van der Waals surface area (Å²) in [6.07, 6.45) is 53.1. The van der Waals surface area contributed by atoms with Crippen molar-refractivity contribution in [2.24, 2.45) is 0 Å². The Balaban J connectivity index is -0.000000641. The van der Waals surface area contributed by atoms with E-state index in [0.29, 0.717) is 19.3 Å². The average molecular weight is 1580 g/mol. The van der Waals surface area contributed by atoms with E-state index in [1.165, 1.54) is 212 Å². The van der Waals surface area contributed by atoms with Crippen molar-refractivity contribution in [3.8, 4) is 0 Å². The summed E-state index contributed by atoms with van der Waals surface area (Å²) >= 11 is -6.78. The molecule has 0 heterocycles. The molecule has 0 spiro atoms. The summed E-state index contributed by atoms with van der Waals surface area (Å²) in [6.45, 7) is 36.4. The summed E-state index contributed by atoms with van der Waals surface area (Å²) in [5.41, 5.74) is 0. The Hall–Kier alpha value is -2.01. The molecule has 0 N–H and O–H groups in total. The molecular formula is C87H169AlO18Ti. The molecule has 0 fully saturated rings. The van der Waals surface area contributed by atoms with Crippen LogP contribution in [-0.4, -0.2) is 110 Å². The summed E-state index contributed by atoms with van der Waals surface area (Å²) in [5, 5.41) is 32.9. The molecule has 18 nitrogen and oxygen atoms in total. The maximum atomic E-state index is 15.2. The minimum absolute atomic E-state index is 0. The normalized spacial score (nSPS) is 12.1. The van der Waals surface area contributed by atoms with E-state index < -0.39 is 71.6 Å². The summed E-state index contributed by atoms with van der Waals surface area (Å²) in [5.74, 6) is -9.49. The molecule has 0 aromatic heterocycles. The molecule has 20 heteroatoms. The first-order chi connectivity index (χ1) is 50.2. The van der Waals surface area contributed by atoms with Gasteiger partial charge in [0.05, 0.1) is 36.6 Å². The van der Waals surface area contributed by atoms with Crippen LogP contribution in [-0.2, 0) is 83.2 Å². The van der Waals surface area contributed by atoms with E-state index in [1.807, 2.05) is 0 Å². The summed E-state index contributed by atoms with van der Waals surface area (Å²) in [4.78, 5) is 74.7. The zero-order valence-corrected chi connectivity index (χ0v) is 75.7. The number of rotatable bonds is 71. The molecule has 0 aromatic rings. The maximum absolute atomic E-state index is 15.2. The quantitative estimate of drug-likeness (QED) is 0.0311. The minimum Gasteiger partial charge on any atom is -0.0654 e. The Kier molecular flexibility index (Phi) is 76.1. The molecule has 107 heavy (non-hydrogen) atoms. The second-order valence-electron chi connectivity index (χ2n) is 31.8. The van der Waals surface area contributed by atoms with Gasteiger partial charge in [-0.3, -0.25) is 0 Å². The fourth-order valence-electron chi connectivity index (χ4n) is 13.1. The van der Waals surface area contributed by atoms with E-state index in [2.05, 4.69) is 20.8 Å². The van der Waals surface area contributed by atoms with Crippen LogP contribution in [0.2, 0.25) is 0 Å². The zero-order valence-electron chi connectivity index (χ0n) is 73.0. The van der Waals surface area contributed by atoms with Crippen molar-refractivity contribution in [1.29, 1.82) is 0 Å². The average Bonchev–Trinajstić information content (AvgIpc) is 0.736. The van der Waals surface area contributed by atoms with E-state index >= 15 is 3.32 Å². The summed E-state index contributed by atoms with van der Waals surface area (Å²) in [7, 11) is 0. The molecule has 0 saturated heterocycles. The number of ether oxygens (including phenoxy) is 6. The van der Waals surface area contributed by atoms with Gasteiger partial charge in [0.15, 0.2) is 0 Å². The second kappa shape index (κ2) is 71.7. The molecule has 0 aliphatic carbocycles. The number of hydrogen-bond acceptors (Lipinski definition) is 18. The minimum atomic E-state index is -6.78. The number of carbonyl (C=O) groups excluding carboxylic acids is 6. The number of carboxylic acids is 3. The van der Waals surface area contributed by atoms with Gasteiger partial charge in [-0.25, -0.2) is 0 Å². The van der Waals surface area contributed by atoms with Gasteiger partial charge < -0.3 is 58.1 Å². The van der Waals surface area contributed by atoms with Gasteiger partial charge in [0.25, 0.3) is 0 Å². The first-order valence-electron chi connectivity index (χ1n) is 43.7. The van der Waals surface area contributed by atoms with Crippen molar-refractivity contribution in [1.82, 2.24) is 0 Å². The molecule has 0 aliphatic heterocycles. The van der Waals surface area contributed by atoms with Crippen LogP contribution in [0, 0.1) is 0 Å². The predicted molar refractivity (Wildman–Crippen MR) is 429 cm³/mol. The number of carbonyl (C=O) groups is 6. The van der Waals surface area contributed by atoms with Gasteiger partial charge in [0.1, 0.15) is 17.9 Å². The molecule has 0 unspecified atom stereocenters. The van der Waals surface area contributed by atoms with Crippen LogP contribution in [0.4, 0.5) is 0 Å². The Morgan fingerprint density at radius 1 is 0.262 bits per heavy atom. The SMILES string of the molecule is CCC(OC(C)C)(OC(C)C)C(=O)[O-].CCC(OC(C)C)(OC(C)C)C(=O)[O-].CCC(OC(C)C)(OC(C)C)C(=O)[O-].CCCCCCCCCCCCCCCCCC(=O)[O][Ti](=[O])([O]C(C)C)([C](=O)CCCCCCCCCCCCCCCCC)[C](=O)CCCCCCCCCCCCCCCCC.[Al+3]. The van der Waals surface area contributed by atoms with Crippen LogP contribution in [0.25, 0.3) is 0 Å². The van der Waals surface area contributed by atoms with Crippen molar-refractivity contribution in [3.63, 3.8) is 0 Å². The molecule has 0 atom stereocenters. The molecule has 632 valence electrons. The van der Waals surface area contributed by atoms with Gasteiger partial charge in [0, 0.05) is 19.3 Å². The van der Waals surface area contributed by atoms with Crippen LogP contribution in [0.15, 0.2) is 0 Å². The van der Waals surface area contributed by atoms with E-state index in [4.69, 9.17) is 35.1 Å². The van der Waals surface area contributed by atoms with E-state index in [-0.39, 0.29) is 92.5 Å². The van der Waals surface area contributed by atoms with Crippen molar-refractivity contribution in [2.75, 3.05) is 0 Å². The van der Waals surface area contributed by atoms with Crippen LogP contribution < -0.4 is 15.3 Å². The monoisotopic (exact) mass is 1580 g/mol. The predicted octanol–water partition coefficient (Wildman–Crippen LogP) is 21.4. The standard InChI is InChI=1S/C18H36O2.2C18H35O.3C10H20O4.C3H7O.Al.O.Ti/c1-2-3-4-5-6-7-8-9-10-11-12-13-14-15-16-17-18(19)20;2*1-2-3-4-5-6-7-8-9-10-11-12-13-14-15-16-17-18-19;3*1-6-10(9(11)12,13-7(2)3)14-8(4)5;1-3(2)4;;;/h2-17H2,1H3,(H,19,20);2*2-17H2,1H3;3*7-8H,6H2,1-5H3,(H,11,12);3H,1-2H3;;;/q;;;;;;-1;+3;;+2/p-4. The van der Waals surface area contributed by atoms with E-state index in [1.54, 1.807) is 118 Å². The third-order valence-corrected chi connectivity index (χ3v) is 24.7. The third kappa shape index (κ3) is 60.2. The zero-order chi connectivity index (χ0) is 81.2. The smallest absolute Gasteiger partial charge is 0.0654 e. The summed E-state index contributed by atoms with van der Waals surface area (Å²) < 4.78 is 57.2. The fourth-order valence-corrected chi connectivity index (χ4v) is 18.5. The molecule has 0 radical (unpaired) electrons. The van der Waals surface area contributed by atoms with Crippen LogP contribution in [0.3, 0.4) is 0 Å². The molecule has 0 rings (SSSR count). The van der Waals surface area contributed by atoms with Crippen molar-refractivity contribution in [3.05, 3.63) is 0 Å². The fraction of sp³-hybridized carbons (Fsp3) is 0.931. The number of carboxylic acid groups (broad SMARTS) is 3. The second-order valence-corrected chi connectivity index (χ2v) is 37.3. The molecule has 0 amide bonds. The number of aliphatic carboxylic acids is 3. The van der Waals surface area contributed by atoms with Crippen LogP contribution in [0.1, 0.15) is 466 Å². The van der Waals surface area contributed by atoms with Gasteiger partial charge in [-0.2, -0.15) is 0 Å². The Labute approximate surface area is 669 Å². The van der Waals surface area contributed by atoms with Crippen LogP contribution in [0.5, 0.6) is 0 Å². The van der Waals surface area contributed by atoms with Crippen molar-refractivity contribution in [2.45, 2.75) is 526 Å². The topological polar surface area (TPSA) is 263 Å². The van der Waals surface area contributed by atoms with E-state index in [9.17, 15) is 44.1 Å². The molecule has 0 saturated carbocycles. The Morgan fingerprint density at radius 2 is 0.421 bits per heavy atom. The van der Waals surface area contributed by atoms with E-state index in [0.717, 1.165) is 57.8 Å². The molecule has 0 bridgehead atoms.